The maximum absolute atomic E-state index is 5.82. The zero-order chi connectivity index (χ0) is 11.8. The Morgan fingerprint density at radius 3 is 2.40 bits per heavy atom. The molecule has 0 unspecified atom stereocenters. The van der Waals surface area contributed by atoms with Gasteiger partial charge in [-0.1, -0.05) is 44.0 Å². The van der Waals surface area contributed by atoms with Gasteiger partial charge in [0.15, 0.2) is 0 Å². The van der Waals surface area contributed by atoms with Crippen LogP contribution in [0.1, 0.15) is 34.1 Å². The minimum atomic E-state index is 0.722. The van der Waals surface area contributed by atoms with Gasteiger partial charge in [-0.3, -0.25) is 0 Å². The first-order valence-corrected chi connectivity index (χ1v) is 5.56. The van der Waals surface area contributed by atoms with Crippen molar-refractivity contribution in [2.45, 2.75) is 34.1 Å². The molecule has 1 rings (SSSR count). The van der Waals surface area contributed by atoms with Crippen molar-refractivity contribution in [1.82, 2.24) is 4.90 Å². The lowest BCUT2D eigenvalue weighted by atomic mass is 10.3. The van der Waals surface area contributed by atoms with Crippen LogP contribution in [-0.4, -0.2) is 4.90 Å². The first-order chi connectivity index (χ1) is 7.01. The third kappa shape index (κ3) is 6.19. The van der Waals surface area contributed by atoms with Gasteiger partial charge in [-0.05, 0) is 26.0 Å². The molecule has 0 aliphatic carbocycles. The number of rotatable bonds is 1. The van der Waals surface area contributed by atoms with Crippen LogP contribution >= 0.6 is 11.6 Å². The lowest BCUT2D eigenvalue weighted by Gasteiger charge is -2.19. The van der Waals surface area contributed by atoms with Crippen molar-refractivity contribution >= 4 is 11.6 Å². The molecule has 15 heavy (non-hydrogen) atoms. The van der Waals surface area contributed by atoms with E-state index in [-0.39, 0.29) is 0 Å². The average molecular weight is 226 g/mol. The van der Waals surface area contributed by atoms with Crippen molar-refractivity contribution in [2.24, 2.45) is 0 Å². The highest BCUT2D eigenvalue weighted by atomic mass is 35.5. The molecule has 0 aromatic carbocycles. The van der Waals surface area contributed by atoms with E-state index in [0.29, 0.717) is 0 Å². The summed E-state index contributed by atoms with van der Waals surface area (Å²) in [5, 5.41) is 0.722. The van der Waals surface area contributed by atoms with E-state index >= 15 is 0 Å². The summed E-state index contributed by atoms with van der Waals surface area (Å²) < 4.78 is 0. The summed E-state index contributed by atoms with van der Waals surface area (Å²) in [6.07, 6.45) is 8.81. The van der Waals surface area contributed by atoms with Crippen LogP contribution in [0, 0.1) is 0 Å². The van der Waals surface area contributed by atoms with Gasteiger partial charge in [-0.25, -0.2) is 0 Å². The van der Waals surface area contributed by atoms with Crippen LogP contribution in [-0.2, 0) is 0 Å². The van der Waals surface area contributed by atoms with Crippen molar-refractivity contribution in [3.05, 3.63) is 47.4 Å². The Morgan fingerprint density at radius 2 is 1.93 bits per heavy atom. The van der Waals surface area contributed by atoms with Gasteiger partial charge in [0, 0.05) is 18.1 Å². The Kier molecular flexibility index (Phi) is 6.89. The van der Waals surface area contributed by atoms with Crippen molar-refractivity contribution < 1.29 is 0 Å². The highest BCUT2D eigenvalue weighted by Gasteiger charge is 2.03. The maximum Gasteiger partial charge on any atom is 0.0572 e. The molecule has 0 aromatic heterocycles. The van der Waals surface area contributed by atoms with E-state index in [0.717, 1.165) is 10.7 Å². The molecule has 0 fully saturated rings. The molecule has 0 radical (unpaired) electrons. The van der Waals surface area contributed by atoms with Crippen molar-refractivity contribution in [3.63, 3.8) is 0 Å². The number of nitrogens with zero attached hydrogens (tertiary/aromatic N) is 1. The van der Waals surface area contributed by atoms with Gasteiger partial charge in [0.1, 0.15) is 0 Å². The molecule has 0 N–H and O–H groups in total. The topological polar surface area (TPSA) is 3.24 Å². The Labute approximate surface area is 98.4 Å². The third-order valence-corrected chi connectivity index (χ3v) is 1.65. The van der Waals surface area contributed by atoms with Crippen LogP contribution in [0.25, 0.3) is 0 Å². The van der Waals surface area contributed by atoms with Gasteiger partial charge in [0.2, 0.25) is 0 Å². The molecule has 0 saturated carbocycles. The standard InChI is InChI=1S/C10H12ClN.C3H8/c1-8(2)6-12-7-10(11)5-4-9(12)3;1-3-2/h4-7H,3H2,1-2H3;3H2,1-2H3. The van der Waals surface area contributed by atoms with Gasteiger partial charge in [0.05, 0.1) is 5.03 Å². The smallest absolute Gasteiger partial charge is 0.0572 e. The van der Waals surface area contributed by atoms with Crippen molar-refractivity contribution in [1.29, 1.82) is 0 Å². The summed E-state index contributed by atoms with van der Waals surface area (Å²) in [6.45, 7) is 12.2. The van der Waals surface area contributed by atoms with E-state index in [1.807, 2.05) is 43.3 Å². The van der Waals surface area contributed by atoms with Crippen molar-refractivity contribution in [2.75, 3.05) is 0 Å². The fraction of sp³-hybridized carbons (Fsp3) is 0.385. The quantitative estimate of drug-likeness (QED) is 0.620. The summed E-state index contributed by atoms with van der Waals surface area (Å²) >= 11 is 5.82. The highest BCUT2D eigenvalue weighted by Crippen LogP contribution is 2.18. The molecule has 0 aromatic rings. The van der Waals surface area contributed by atoms with Crippen LogP contribution in [0.3, 0.4) is 0 Å². The largest absolute Gasteiger partial charge is 0.323 e. The van der Waals surface area contributed by atoms with E-state index in [2.05, 4.69) is 20.4 Å². The molecule has 0 spiro atoms. The molecule has 1 heterocycles. The van der Waals surface area contributed by atoms with Gasteiger partial charge in [0.25, 0.3) is 0 Å². The molecule has 1 aliphatic rings. The Morgan fingerprint density at radius 1 is 1.40 bits per heavy atom. The normalized spacial score (nSPS) is 14.1. The lowest BCUT2D eigenvalue weighted by Crippen LogP contribution is -2.09. The van der Waals surface area contributed by atoms with E-state index in [9.17, 15) is 0 Å². The summed E-state index contributed by atoms with van der Waals surface area (Å²) in [7, 11) is 0. The number of hydrogen-bond acceptors (Lipinski definition) is 1. The van der Waals surface area contributed by atoms with Gasteiger partial charge >= 0.3 is 0 Å². The summed E-state index contributed by atoms with van der Waals surface area (Å²) in [6, 6.07) is 0. The number of halogens is 1. The summed E-state index contributed by atoms with van der Waals surface area (Å²) in [5.74, 6) is 0. The van der Waals surface area contributed by atoms with Crippen LogP contribution in [0.4, 0.5) is 0 Å². The Balaban J connectivity index is 0.000000583. The van der Waals surface area contributed by atoms with Crippen LogP contribution < -0.4 is 0 Å². The predicted molar refractivity (Wildman–Crippen MR) is 69.5 cm³/mol. The molecular weight excluding hydrogens is 206 g/mol. The zero-order valence-corrected chi connectivity index (χ0v) is 10.8. The third-order valence-electron chi connectivity index (χ3n) is 1.43. The lowest BCUT2D eigenvalue weighted by molar-refractivity contribution is 0.640. The van der Waals surface area contributed by atoms with Crippen LogP contribution in [0.5, 0.6) is 0 Å². The Bertz CT molecular complexity index is 294. The number of allylic oxidation sites excluding steroid dienone is 4. The summed E-state index contributed by atoms with van der Waals surface area (Å²) in [5.41, 5.74) is 2.15. The molecule has 1 nitrogen and oxygen atoms in total. The monoisotopic (exact) mass is 225 g/mol. The first kappa shape index (κ1) is 14.1. The molecule has 0 bridgehead atoms. The summed E-state index contributed by atoms with van der Waals surface area (Å²) in [4.78, 5) is 1.91. The van der Waals surface area contributed by atoms with Gasteiger partial charge < -0.3 is 4.90 Å². The predicted octanol–water partition coefficient (Wildman–Crippen LogP) is 4.79. The average Bonchev–Trinajstić information content (AvgIpc) is 2.12. The van der Waals surface area contributed by atoms with Crippen LogP contribution in [0.15, 0.2) is 47.4 Å². The SMILES string of the molecule is C=C1C=CC(Cl)=CN1C=C(C)C.CCC. The van der Waals surface area contributed by atoms with E-state index in [1.165, 1.54) is 12.0 Å². The molecule has 84 valence electrons. The van der Waals surface area contributed by atoms with E-state index in [1.54, 1.807) is 0 Å². The second-order valence-corrected chi connectivity index (χ2v) is 4.10. The minimum absolute atomic E-state index is 0.722. The maximum atomic E-state index is 5.82. The second kappa shape index (κ2) is 7.36. The first-order valence-electron chi connectivity index (χ1n) is 5.18. The van der Waals surface area contributed by atoms with Crippen LogP contribution in [0.2, 0.25) is 0 Å². The zero-order valence-electron chi connectivity index (χ0n) is 10.0. The molecular formula is C13H20ClN. The van der Waals surface area contributed by atoms with E-state index < -0.39 is 0 Å². The molecule has 1 aliphatic heterocycles. The molecule has 0 atom stereocenters. The highest BCUT2D eigenvalue weighted by molar-refractivity contribution is 6.31. The van der Waals surface area contributed by atoms with Gasteiger partial charge in [-0.2, -0.15) is 0 Å². The fourth-order valence-electron chi connectivity index (χ4n) is 0.919. The number of hydrogen-bond donors (Lipinski definition) is 0. The molecule has 0 saturated heterocycles. The van der Waals surface area contributed by atoms with Crippen molar-refractivity contribution in [3.8, 4) is 0 Å². The minimum Gasteiger partial charge on any atom is -0.323 e. The second-order valence-electron chi connectivity index (χ2n) is 3.66. The molecule has 0 amide bonds. The Hall–Kier alpha value is -0.950. The fourth-order valence-corrected chi connectivity index (χ4v) is 1.09. The molecule has 2 heteroatoms. The van der Waals surface area contributed by atoms with E-state index in [4.69, 9.17) is 11.6 Å². The van der Waals surface area contributed by atoms with Gasteiger partial charge in [-0.15, -0.1) is 0 Å².